The smallest absolute Gasteiger partial charge is 0.315 e. The third-order valence-electron chi connectivity index (χ3n) is 4.62. The van der Waals surface area contributed by atoms with E-state index in [1.807, 2.05) is 53.2 Å². The van der Waals surface area contributed by atoms with Gasteiger partial charge in [-0.2, -0.15) is 0 Å². The summed E-state index contributed by atoms with van der Waals surface area (Å²) < 4.78 is 1.99. The number of nitrogens with one attached hydrogen (secondary N) is 2. The maximum Gasteiger partial charge on any atom is 0.315 e. The molecule has 2 heterocycles. The van der Waals surface area contributed by atoms with Crippen molar-refractivity contribution in [3.05, 3.63) is 72.2 Å². The average molecular weight is 334 g/mol. The minimum absolute atomic E-state index is 0.107. The highest BCUT2D eigenvalue weighted by atomic mass is 16.2. The van der Waals surface area contributed by atoms with Crippen LogP contribution in [0.2, 0.25) is 0 Å². The summed E-state index contributed by atoms with van der Waals surface area (Å²) in [6, 6.07) is 16.1. The maximum absolute atomic E-state index is 12.3. The van der Waals surface area contributed by atoms with Crippen molar-refractivity contribution in [2.45, 2.75) is 25.3 Å². The number of carbonyl (C=O) groups excluding carboxylic acids is 1. The molecule has 4 rings (SSSR count). The van der Waals surface area contributed by atoms with Crippen LogP contribution in [0.4, 0.5) is 4.79 Å². The number of nitrogens with zero attached hydrogens (tertiary/aromatic N) is 2. The third-order valence-corrected chi connectivity index (χ3v) is 4.62. The second kappa shape index (κ2) is 6.97. The van der Waals surface area contributed by atoms with Crippen LogP contribution in [-0.2, 0) is 6.42 Å². The second-order valence-corrected chi connectivity index (χ2v) is 6.57. The van der Waals surface area contributed by atoms with Crippen molar-refractivity contribution < 1.29 is 4.79 Å². The minimum Gasteiger partial charge on any atom is -0.338 e. The molecule has 2 aromatic heterocycles. The Bertz CT molecular complexity index is 821. The highest BCUT2D eigenvalue weighted by molar-refractivity contribution is 5.74. The summed E-state index contributed by atoms with van der Waals surface area (Å²) in [4.78, 5) is 16.8. The number of carbonyl (C=O) groups is 1. The summed E-state index contributed by atoms with van der Waals surface area (Å²) in [6.45, 7) is 0.571. The molecule has 25 heavy (non-hydrogen) atoms. The third kappa shape index (κ3) is 3.82. The van der Waals surface area contributed by atoms with E-state index in [2.05, 4.69) is 27.8 Å². The van der Waals surface area contributed by atoms with E-state index in [4.69, 9.17) is 0 Å². The first-order chi connectivity index (χ1) is 12.3. The Balaban J connectivity index is 1.31. The lowest BCUT2D eigenvalue weighted by Crippen LogP contribution is -2.39. The zero-order valence-corrected chi connectivity index (χ0v) is 14.1. The van der Waals surface area contributed by atoms with E-state index in [0.717, 1.165) is 11.3 Å². The van der Waals surface area contributed by atoms with E-state index in [-0.39, 0.29) is 12.1 Å². The lowest BCUT2D eigenvalue weighted by molar-refractivity contribution is 0.235. The van der Waals surface area contributed by atoms with E-state index in [9.17, 15) is 4.79 Å². The summed E-state index contributed by atoms with van der Waals surface area (Å²) in [6.07, 6.45) is 7.06. The van der Waals surface area contributed by atoms with Crippen LogP contribution < -0.4 is 10.6 Å². The number of amides is 2. The quantitative estimate of drug-likeness (QED) is 0.726. The van der Waals surface area contributed by atoms with Crippen molar-refractivity contribution in [2.75, 3.05) is 6.54 Å². The number of urea groups is 1. The SMILES string of the molecule is O=C(NCCc1cn2ccccc2n1)NC(c1ccccc1)C1CC1. The van der Waals surface area contributed by atoms with E-state index < -0.39 is 0 Å². The Morgan fingerprint density at radius 2 is 1.96 bits per heavy atom. The van der Waals surface area contributed by atoms with Crippen LogP contribution in [0, 0.1) is 5.92 Å². The molecule has 2 N–H and O–H groups in total. The molecule has 3 aromatic rings. The van der Waals surface area contributed by atoms with Crippen molar-refractivity contribution in [3.8, 4) is 0 Å². The fourth-order valence-corrected chi connectivity index (χ4v) is 3.17. The van der Waals surface area contributed by atoms with Crippen molar-refractivity contribution in [1.82, 2.24) is 20.0 Å². The van der Waals surface area contributed by atoms with Gasteiger partial charge in [0.25, 0.3) is 0 Å². The zero-order chi connectivity index (χ0) is 17.1. The van der Waals surface area contributed by atoms with Crippen molar-refractivity contribution >= 4 is 11.7 Å². The first-order valence-electron chi connectivity index (χ1n) is 8.81. The minimum atomic E-state index is -0.107. The van der Waals surface area contributed by atoms with E-state index >= 15 is 0 Å². The molecule has 2 amide bonds. The Morgan fingerprint density at radius 3 is 2.72 bits per heavy atom. The Kier molecular flexibility index (Phi) is 4.37. The standard InChI is InChI=1S/C20H22N4O/c25-20(23-19(16-9-10-16)15-6-2-1-3-7-15)21-12-11-17-14-24-13-5-4-8-18(24)22-17/h1-8,13-14,16,19H,9-12H2,(H2,21,23,25). The first-order valence-corrected chi connectivity index (χ1v) is 8.81. The van der Waals surface area contributed by atoms with Gasteiger partial charge in [0.1, 0.15) is 5.65 Å². The van der Waals surface area contributed by atoms with E-state index in [0.29, 0.717) is 18.9 Å². The molecule has 5 nitrogen and oxygen atoms in total. The summed E-state index contributed by atoms with van der Waals surface area (Å²) in [5, 5.41) is 6.09. The summed E-state index contributed by atoms with van der Waals surface area (Å²) in [7, 11) is 0. The molecule has 1 fully saturated rings. The average Bonchev–Trinajstić information content (AvgIpc) is 3.39. The molecule has 0 saturated heterocycles. The van der Waals surface area contributed by atoms with Gasteiger partial charge in [-0.15, -0.1) is 0 Å². The van der Waals surface area contributed by atoms with Crippen LogP contribution in [0.25, 0.3) is 5.65 Å². The fourth-order valence-electron chi connectivity index (χ4n) is 3.17. The van der Waals surface area contributed by atoms with Gasteiger partial charge >= 0.3 is 6.03 Å². The molecular weight excluding hydrogens is 312 g/mol. The Hall–Kier alpha value is -2.82. The molecule has 1 aliphatic rings. The maximum atomic E-state index is 12.3. The number of aromatic nitrogens is 2. The summed E-state index contributed by atoms with van der Waals surface area (Å²) >= 11 is 0. The molecule has 1 aromatic carbocycles. The van der Waals surface area contributed by atoms with Crippen LogP contribution >= 0.6 is 0 Å². The van der Waals surface area contributed by atoms with Gasteiger partial charge in [0.05, 0.1) is 11.7 Å². The first kappa shape index (κ1) is 15.7. The van der Waals surface area contributed by atoms with Gasteiger partial charge < -0.3 is 15.0 Å². The van der Waals surface area contributed by atoms with Crippen molar-refractivity contribution in [3.63, 3.8) is 0 Å². The summed E-state index contributed by atoms with van der Waals surface area (Å²) in [5.74, 6) is 0.562. The van der Waals surface area contributed by atoms with Crippen LogP contribution in [0.1, 0.15) is 30.1 Å². The zero-order valence-electron chi connectivity index (χ0n) is 14.1. The van der Waals surface area contributed by atoms with Gasteiger partial charge in [-0.25, -0.2) is 9.78 Å². The van der Waals surface area contributed by atoms with Crippen molar-refractivity contribution in [1.29, 1.82) is 0 Å². The molecule has 1 atom stereocenters. The Morgan fingerprint density at radius 1 is 1.16 bits per heavy atom. The molecule has 0 aliphatic heterocycles. The van der Waals surface area contributed by atoms with Gasteiger partial charge in [0, 0.05) is 25.4 Å². The normalized spacial score (nSPS) is 15.0. The highest BCUT2D eigenvalue weighted by Gasteiger charge is 2.33. The number of benzene rings is 1. The van der Waals surface area contributed by atoms with Crippen LogP contribution in [0.15, 0.2) is 60.9 Å². The molecule has 0 spiro atoms. The molecular formula is C20H22N4O. The predicted octanol–water partition coefficient (Wildman–Crippen LogP) is 3.33. The number of pyridine rings is 1. The lowest BCUT2D eigenvalue weighted by Gasteiger charge is -2.19. The van der Waals surface area contributed by atoms with Crippen molar-refractivity contribution in [2.24, 2.45) is 5.92 Å². The number of hydrogen-bond acceptors (Lipinski definition) is 2. The largest absolute Gasteiger partial charge is 0.338 e. The van der Waals surface area contributed by atoms with Crippen LogP contribution in [-0.4, -0.2) is 22.0 Å². The second-order valence-electron chi connectivity index (χ2n) is 6.57. The number of imidazole rings is 1. The fraction of sp³-hybridized carbons (Fsp3) is 0.300. The number of rotatable bonds is 6. The number of hydrogen-bond donors (Lipinski definition) is 2. The number of fused-ring (bicyclic) bond motifs is 1. The molecule has 128 valence electrons. The van der Waals surface area contributed by atoms with Gasteiger partial charge in [-0.3, -0.25) is 0 Å². The highest BCUT2D eigenvalue weighted by Crippen LogP contribution is 2.40. The molecule has 5 heteroatoms. The van der Waals surface area contributed by atoms with Gasteiger partial charge in [-0.05, 0) is 36.5 Å². The monoisotopic (exact) mass is 334 g/mol. The molecule has 0 radical (unpaired) electrons. The lowest BCUT2D eigenvalue weighted by atomic mass is 10.0. The van der Waals surface area contributed by atoms with E-state index in [1.54, 1.807) is 0 Å². The van der Waals surface area contributed by atoms with Gasteiger partial charge in [-0.1, -0.05) is 36.4 Å². The summed E-state index contributed by atoms with van der Waals surface area (Å²) in [5.41, 5.74) is 3.09. The molecule has 1 unspecified atom stereocenters. The van der Waals surface area contributed by atoms with Gasteiger partial charge in [0.15, 0.2) is 0 Å². The van der Waals surface area contributed by atoms with Crippen LogP contribution in [0.5, 0.6) is 0 Å². The molecule has 1 saturated carbocycles. The molecule has 1 aliphatic carbocycles. The Labute approximate surface area is 147 Å². The molecule has 0 bridgehead atoms. The predicted molar refractivity (Wildman–Crippen MR) is 97.3 cm³/mol. The van der Waals surface area contributed by atoms with Crippen LogP contribution in [0.3, 0.4) is 0 Å². The van der Waals surface area contributed by atoms with E-state index in [1.165, 1.54) is 18.4 Å². The topological polar surface area (TPSA) is 58.4 Å². The van der Waals surface area contributed by atoms with Gasteiger partial charge in [0.2, 0.25) is 0 Å².